The van der Waals surface area contributed by atoms with Crippen LogP contribution in [0.3, 0.4) is 0 Å². The molecule has 1 aromatic rings. The van der Waals surface area contributed by atoms with E-state index in [4.69, 9.17) is 11.6 Å². The lowest BCUT2D eigenvalue weighted by Crippen LogP contribution is -2.55. The molecule has 3 rings (SSSR count). The fourth-order valence-corrected chi connectivity index (χ4v) is 4.71. The second-order valence-corrected chi connectivity index (χ2v) is 9.86. The summed E-state index contributed by atoms with van der Waals surface area (Å²) in [5.74, 6) is 0.648. The van der Waals surface area contributed by atoms with Gasteiger partial charge in [0.15, 0.2) is 0 Å². The minimum atomic E-state index is -0.709. The van der Waals surface area contributed by atoms with Crippen LogP contribution in [0.5, 0.6) is 0 Å². The fourth-order valence-electron chi connectivity index (χ4n) is 4.52. The van der Waals surface area contributed by atoms with E-state index in [9.17, 15) is 9.59 Å². The van der Waals surface area contributed by atoms with Gasteiger partial charge in [-0.2, -0.15) is 0 Å². The SMILES string of the molecule is CC(C)CCNC(=O)C1(C)CCC(=O)N1CCCN1CCN(c2cccc(Cl)c2)CC1. The van der Waals surface area contributed by atoms with Crippen molar-refractivity contribution in [2.45, 2.75) is 52.0 Å². The molecule has 0 bridgehead atoms. The Kier molecular flexibility index (Phi) is 8.23. The molecule has 1 atom stereocenters. The molecule has 1 aromatic carbocycles. The van der Waals surface area contributed by atoms with Crippen molar-refractivity contribution in [3.63, 3.8) is 0 Å². The molecular weight excluding hydrogens is 412 g/mol. The van der Waals surface area contributed by atoms with Gasteiger partial charge in [-0.05, 0) is 56.8 Å². The van der Waals surface area contributed by atoms with E-state index in [0.717, 1.165) is 50.6 Å². The van der Waals surface area contributed by atoms with Gasteiger partial charge in [-0.1, -0.05) is 31.5 Å². The molecule has 31 heavy (non-hydrogen) atoms. The Morgan fingerprint density at radius 2 is 1.94 bits per heavy atom. The van der Waals surface area contributed by atoms with Gasteiger partial charge in [0.25, 0.3) is 0 Å². The first-order valence-electron chi connectivity index (χ1n) is 11.6. The maximum Gasteiger partial charge on any atom is 0.245 e. The molecule has 0 aliphatic carbocycles. The molecule has 1 N–H and O–H groups in total. The number of hydrogen-bond acceptors (Lipinski definition) is 4. The molecule has 0 spiro atoms. The Bertz CT molecular complexity index is 764. The number of hydrogen-bond donors (Lipinski definition) is 1. The highest BCUT2D eigenvalue weighted by Gasteiger charge is 2.46. The summed E-state index contributed by atoms with van der Waals surface area (Å²) < 4.78 is 0. The second-order valence-electron chi connectivity index (χ2n) is 9.42. The summed E-state index contributed by atoms with van der Waals surface area (Å²) in [6.45, 7) is 12.4. The number of nitrogens with zero attached hydrogens (tertiary/aromatic N) is 3. The highest BCUT2D eigenvalue weighted by Crippen LogP contribution is 2.30. The second kappa shape index (κ2) is 10.7. The molecule has 2 saturated heterocycles. The lowest BCUT2D eigenvalue weighted by atomic mass is 9.97. The van der Waals surface area contributed by atoms with Gasteiger partial charge in [-0.15, -0.1) is 0 Å². The van der Waals surface area contributed by atoms with E-state index in [0.29, 0.717) is 31.8 Å². The average molecular weight is 449 g/mol. The minimum absolute atomic E-state index is 0.00543. The number of nitrogens with one attached hydrogen (secondary N) is 1. The van der Waals surface area contributed by atoms with Crippen molar-refractivity contribution < 1.29 is 9.59 Å². The lowest BCUT2D eigenvalue weighted by Gasteiger charge is -2.37. The largest absolute Gasteiger partial charge is 0.369 e. The molecule has 7 heteroatoms. The third-order valence-corrected chi connectivity index (χ3v) is 6.86. The zero-order valence-electron chi connectivity index (χ0n) is 19.2. The van der Waals surface area contributed by atoms with Crippen molar-refractivity contribution in [1.29, 1.82) is 0 Å². The van der Waals surface area contributed by atoms with Gasteiger partial charge in [-0.3, -0.25) is 14.5 Å². The van der Waals surface area contributed by atoms with Crippen LogP contribution in [0.2, 0.25) is 5.02 Å². The predicted octanol–water partition coefficient (Wildman–Crippen LogP) is 3.40. The summed E-state index contributed by atoms with van der Waals surface area (Å²) in [6, 6.07) is 8.02. The van der Waals surface area contributed by atoms with Crippen LogP contribution in [0.15, 0.2) is 24.3 Å². The maximum absolute atomic E-state index is 12.8. The van der Waals surface area contributed by atoms with Gasteiger partial charge in [0.1, 0.15) is 5.54 Å². The number of likely N-dealkylation sites (tertiary alicyclic amines) is 1. The van der Waals surface area contributed by atoms with E-state index in [1.807, 2.05) is 30.0 Å². The van der Waals surface area contributed by atoms with Crippen LogP contribution in [0, 0.1) is 5.92 Å². The van der Waals surface area contributed by atoms with E-state index >= 15 is 0 Å². The fraction of sp³-hybridized carbons (Fsp3) is 0.667. The molecule has 2 heterocycles. The highest BCUT2D eigenvalue weighted by molar-refractivity contribution is 6.30. The summed E-state index contributed by atoms with van der Waals surface area (Å²) in [5.41, 5.74) is 0.466. The first-order valence-corrected chi connectivity index (χ1v) is 12.0. The molecule has 2 aliphatic heterocycles. The standard InChI is InChI=1S/C24H37ClN4O2/c1-19(2)9-11-26-23(31)24(3)10-8-22(30)29(24)13-5-12-27-14-16-28(17-15-27)21-7-4-6-20(25)18-21/h4,6-7,18-19H,5,8-17H2,1-3H3,(H,26,31). The van der Waals surface area contributed by atoms with Crippen molar-refractivity contribution in [2.75, 3.05) is 50.7 Å². The van der Waals surface area contributed by atoms with Crippen molar-refractivity contribution in [3.05, 3.63) is 29.3 Å². The number of halogens is 1. The first kappa shape index (κ1) is 23.9. The van der Waals surface area contributed by atoms with Crippen LogP contribution in [0.4, 0.5) is 5.69 Å². The van der Waals surface area contributed by atoms with E-state index in [1.165, 1.54) is 5.69 Å². The highest BCUT2D eigenvalue weighted by atomic mass is 35.5. The third kappa shape index (κ3) is 6.13. The van der Waals surface area contributed by atoms with Gasteiger partial charge < -0.3 is 15.1 Å². The van der Waals surface area contributed by atoms with Crippen molar-refractivity contribution in [1.82, 2.24) is 15.1 Å². The number of piperazine rings is 1. The number of rotatable bonds is 9. The summed E-state index contributed by atoms with van der Waals surface area (Å²) in [7, 11) is 0. The molecule has 2 fully saturated rings. The van der Waals surface area contributed by atoms with Crippen LogP contribution in [-0.4, -0.2) is 73.0 Å². The van der Waals surface area contributed by atoms with E-state index in [-0.39, 0.29) is 11.8 Å². The Balaban J connectivity index is 1.44. The number of carbonyl (C=O) groups is 2. The molecular formula is C24H37ClN4O2. The summed E-state index contributed by atoms with van der Waals surface area (Å²) >= 11 is 6.12. The van der Waals surface area contributed by atoms with E-state index in [1.54, 1.807) is 0 Å². The molecule has 0 saturated carbocycles. The predicted molar refractivity (Wildman–Crippen MR) is 127 cm³/mol. The van der Waals surface area contributed by atoms with Gasteiger partial charge in [0.05, 0.1) is 0 Å². The summed E-state index contributed by atoms with van der Waals surface area (Å²) in [6.07, 6.45) is 2.92. The Morgan fingerprint density at radius 1 is 1.19 bits per heavy atom. The average Bonchev–Trinajstić information content (AvgIpc) is 3.03. The number of carbonyl (C=O) groups excluding carboxylic acids is 2. The third-order valence-electron chi connectivity index (χ3n) is 6.62. The van der Waals surface area contributed by atoms with Gasteiger partial charge in [-0.25, -0.2) is 0 Å². The van der Waals surface area contributed by atoms with Crippen LogP contribution >= 0.6 is 11.6 Å². The summed E-state index contributed by atoms with van der Waals surface area (Å²) in [4.78, 5) is 32.0. The zero-order valence-corrected chi connectivity index (χ0v) is 20.0. The minimum Gasteiger partial charge on any atom is -0.369 e. The molecule has 1 unspecified atom stereocenters. The molecule has 2 amide bonds. The van der Waals surface area contributed by atoms with Gasteiger partial charge in [0, 0.05) is 56.4 Å². The Labute approximate surface area is 191 Å². The Hall–Kier alpha value is -1.79. The first-order chi connectivity index (χ1) is 14.8. The quantitative estimate of drug-likeness (QED) is 0.629. The van der Waals surface area contributed by atoms with E-state index in [2.05, 4.69) is 35.0 Å². The van der Waals surface area contributed by atoms with Crippen LogP contribution < -0.4 is 10.2 Å². The molecule has 172 valence electrons. The maximum atomic E-state index is 12.8. The van der Waals surface area contributed by atoms with Crippen LogP contribution in [0.25, 0.3) is 0 Å². The Morgan fingerprint density at radius 3 is 2.61 bits per heavy atom. The monoisotopic (exact) mass is 448 g/mol. The van der Waals surface area contributed by atoms with Gasteiger partial charge >= 0.3 is 0 Å². The number of anilines is 1. The van der Waals surface area contributed by atoms with Crippen molar-refractivity contribution >= 4 is 29.1 Å². The molecule has 2 aliphatic rings. The normalized spacial score (nSPS) is 22.4. The molecule has 0 aromatic heterocycles. The molecule has 6 nitrogen and oxygen atoms in total. The molecule has 0 radical (unpaired) electrons. The van der Waals surface area contributed by atoms with Crippen molar-refractivity contribution in [3.8, 4) is 0 Å². The van der Waals surface area contributed by atoms with E-state index < -0.39 is 5.54 Å². The number of amides is 2. The van der Waals surface area contributed by atoms with Crippen LogP contribution in [0.1, 0.15) is 46.5 Å². The smallest absolute Gasteiger partial charge is 0.245 e. The topological polar surface area (TPSA) is 55.9 Å². The zero-order chi connectivity index (χ0) is 22.4. The summed E-state index contributed by atoms with van der Waals surface area (Å²) in [5, 5.41) is 3.82. The lowest BCUT2D eigenvalue weighted by molar-refractivity contribution is -0.140. The van der Waals surface area contributed by atoms with Gasteiger partial charge in [0.2, 0.25) is 11.8 Å². The number of benzene rings is 1. The van der Waals surface area contributed by atoms with Crippen LogP contribution in [-0.2, 0) is 9.59 Å². The van der Waals surface area contributed by atoms with Crippen molar-refractivity contribution in [2.24, 2.45) is 5.92 Å².